The van der Waals surface area contributed by atoms with Gasteiger partial charge in [0.25, 0.3) is 5.56 Å². The van der Waals surface area contributed by atoms with E-state index < -0.39 is 16.2 Å². The number of hydrogen-bond donors (Lipinski definition) is 0. The lowest BCUT2D eigenvalue weighted by Gasteiger charge is -2.30. The smallest absolute Gasteiger partial charge is 0.332 e. The van der Waals surface area contributed by atoms with Gasteiger partial charge in [0.2, 0.25) is 5.75 Å². The molecule has 1 aromatic carbocycles. The third kappa shape index (κ3) is 2.77. The summed E-state index contributed by atoms with van der Waals surface area (Å²) in [4.78, 5) is 37.2. The Labute approximate surface area is 148 Å². The quantitative estimate of drug-likeness (QED) is 0.465. The zero-order valence-corrected chi connectivity index (χ0v) is 14.6. The van der Waals surface area contributed by atoms with Gasteiger partial charge in [-0.25, -0.2) is 4.79 Å². The van der Waals surface area contributed by atoms with E-state index in [1.165, 1.54) is 30.0 Å². The summed E-state index contributed by atoms with van der Waals surface area (Å²) in [6.07, 6.45) is 1.87. The van der Waals surface area contributed by atoms with Crippen LogP contribution in [0.4, 0.5) is 11.5 Å². The van der Waals surface area contributed by atoms with E-state index in [9.17, 15) is 19.7 Å². The second-order valence-electron chi connectivity index (χ2n) is 6.06. The van der Waals surface area contributed by atoms with Crippen LogP contribution < -0.4 is 20.9 Å². The number of nitrogens with zero attached hydrogens (tertiary/aromatic N) is 4. The van der Waals surface area contributed by atoms with Crippen LogP contribution >= 0.6 is 0 Å². The standard InChI is InChI=1S/C17H18N4O5/c1-18-9-8-11(10-26-13-7-5-4-6-12(13)21(24)25)14-15(18)19(2)17(23)20(3)16(14)22/h4-7,10H,8-9H2,1-3H3/b11-10+. The lowest BCUT2D eigenvalue weighted by Crippen LogP contribution is -2.44. The van der Waals surface area contributed by atoms with Gasteiger partial charge in [-0.15, -0.1) is 0 Å². The Morgan fingerprint density at radius 1 is 1.15 bits per heavy atom. The predicted octanol–water partition coefficient (Wildman–Crippen LogP) is 1.25. The molecule has 1 aliphatic rings. The van der Waals surface area contributed by atoms with Gasteiger partial charge in [0.05, 0.1) is 16.7 Å². The van der Waals surface area contributed by atoms with Gasteiger partial charge < -0.3 is 9.64 Å². The molecular weight excluding hydrogens is 340 g/mol. The highest BCUT2D eigenvalue weighted by Gasteiger charge is 2.26. The van der Waals surface area contributed by atoms with Crippen molar-refractivity contribution in [2.24, 2.45) is 14.1 Å². The molecule has 136 valence electrons. The van der Waals surface area contributed by atoms with Gasteiger partial charge in [-0.1, -0.05) is 12.1 Å². The van der Waals surface area contributed by atoms with Crippen molar-refractivity contribution >= 4 is 17.1 Å². The van der Waals surface area contributed by atoms with Gasteiger partial charge in [0, 0.05) is 39.3 Å². The summed E-state index contributed by atoms with van der Waals surface area (Å²) in [5, 5.41) is 11.1. The van der Waals surface area contributed by atoms with Crippen LogP contribution in [0, 0.1) is 10.1 Å². The third-order valence-corrected chi connectivity index (χ3v) is 4.42. The van der Waals surface area contributed by atoms with Crippen LogP contribution in [0.5, 0.6) is 5.75 Å². The molecule has 0 N–H and O–H groups in total. The number of benzene rings is 1. The lowest BCUT2D eigenvalue weighted by molar-refractivity contribution is -0.385. The molecule has 2 aromatic rings. The zero-order chi connectivity index (χ0) is 19.0. The second-order valence-corrected chi connectivity index (χ2v) is 6.06. The lowest BCUT2D eigenvalue weighted by atomic mass is 10.0. The summed E-state index contributed by atoms with van der Waals surface area (Å²) in [6, 6.07) is 6.02. The average molecular weight is 358 g/mol. The Kier molecular flexibility index (Phi) is 4.37. The third-order valence-electron chi connectivity index (χ3n) is 4.42. The van der Waals surface area contributed by atoms with Crippen molar-refractivity contribution in [1.82, 2.24) is 9.13 Å². The Hall–Kier alpha value is -3.36. The monoisotopic (exact) mass is 358 g/mol. The molecule has 0 fully saturated rings. The highest BCUT2D eigenvalue weighted by Crippen LogP contribution is 2.32. The fourth-order valence-corrected chi connectivity index (χ4v) is 3.04. The molecule has 0 saturated carbocycles. The SMILES string of the molecule is CN1CC/C(=C\Oc2ccccc2[N+](=O)[O-])c2c1n(C)c(=O)n(C)c2=O. The number of anilines is 1. The highest BCUT2D eigenvalue weighted by atomic mass is 16.6. The first-order chi connectivity index (χ1) is 12.3. The van der Waals surface area contributed by atoms with Gasteiger partial charge in [0.1, 0.15) is 5.82 Å². The van der Waals surface area contributed by atoms with E-state index in [0.717, 1.165) is 4.57 Å². The molecule has 1 aliphatic heterocycles. The minimum absolute atomic E-state index is 0.0899. The molecule has 0 radical (unpaired) electrons. The van der Waals surface area contributed by atoms with Crippen LogP contribution in [-0.4, -0.2) is 27.6 Å². The highest BCUT2D eigenvalue weighted by molar-refractivity contribution is 5.76. The minimum Gasteiger partial charge on any atom is -0.457 e. The number of nitro groups is 1. The van der Waals surface area contributed by atoms with Crippen LogP contribution in [0.1, 0.15) is 12.0 Å². The molecule has 0 bridgehead atoms. The van der Waals surface area contributed by atoms with Crippen molar-refractivity contribution in [2.45, 2.75) is 6.42 Å². The van der Waals surface area contributed by atoms with Crippen LogP contribution in [0.3, 0.4) is 0 Å². The van der Waals surface area contributed by atoms with E-state index >= 15 is 0 Å². The summed E-state index contributed by atoms with van der Waals surface area (Å²) >= 11 is 0. The fourth-order valence-electron chi connectivity index (χ4n) is 3.04. The maximum Gasteiger partial charge on any atom is 0.332 e. The van der Waals surface area contributed by atoms with Gasteiger partial charge in [0.15, 0.2) is 0 Å². The van der Waals surface area contributed by atoms with Crippen molar-refractivity contribution < 1.29 is 9.66 Å². The van der Waals surface area contributed by atoms with Gasteiger partial charge >= 0.3 is 11.4 Å². The summed E-state index contributed by atoms with van der Waals surface area (Å²) in [6.45, 7) is 0.583. The average Bonchev–Trinajstić information content (AvgIpc) is 2.63. The normalized spacial score (nSPS) is 15.0. The maximum absolute atomic E-state index is 12.6. The molecule has 26 heavy (non-hydrogen) atoms. The zero-order valence-electron chi connectivity index (χ0n) is 14.6. The summed E-state index contributed by atoms with van der Waals surface area (Å²) in [7, 11) is 4.82. The van der Waals surface area contributed by atoms with Crippen LogP contribution in [0.25, 0.3) is 5.57 Å². The van der Waals surface area contributed by atoms with E-state index in [0.29, 0.717) is 29.9 Å². The van der Waals surface area contributed by atoms with Gasteiger partial charge in [-0.05, 0) is 12.5 Å². The Morgan fingerprint density at radius 2 is 1.85 bits per heavy atom. The molecule has 9 nitrogen and oxygen atoms in total. The first-order valence-electron chi connectivity index (χ1n) is 7.93. The largest absolute Gasteiger partial charge is 0.457 e. The molecular formula is C17H18N4O5. The number of para-hydroxylation sites is 2. The molecule has 1 aromatic heterocycles. The molecule has 0 aliphatic carbocycles. The number of aromatic nitrogens is 2. The van der Waals surface area contributed by atoms with Crippen LogP contribution in [0.15, 0.2) is 40.1 Å². The van der Waals surface area contributed by atoms with E-state index in [4.69, 9.17) is 4.74 Å². The van der Waals surface area contributed by atoms with Gasteiger partial charge in [-0.3, -0.25) is 24.0 Å². The molecule has 2 heterocycles. The van der Waals surface area contributed by atoms with Crippen molar-refractivity contribution in [3.05, 3.63) is 67.0 Å². The molecule has 0 unspecified atom stereocenters. The fraction of sp³-hybridized carbons (Fsp3) is 0.294. The number of ether oxygens (including phenoxy) is 1. The van der Waals surface area contributed by atoms with Crippen molar-refractivity contribution in [3.8, 4) is 5.75 Å². The Morgan fingerprint density at radius 3 is 2.54 bits per heavy atom. The van der Waals surface area contributed by atoms with Crippen molar-refractivity contribution in [2.75, 3.05) is 18.5 Å². The second kappa shape index (κ2) is 6.51. The number of fused-ring (bicyclic) bond motifs is 1. The Bertz CT molecular complexity index is 1030. The van der Waals surface area contributed by atoms with E-state index in [1.807, 2.05) is 4.90 Å². The molecule has 3 rings (SSSR count). The topological polar surface area (TPSA) is 99.6 Å². The predicted molar refractivity (Wildman–Crippen MR) is 96.5 cm³/mol. The van der Waals surface area contributed by atoms with E-state index in [1.54, 1.807) is 26.2 Å². The maximum atomic E-state index is 12.6. The van der Waals surface area contributed by atoms with E-state index in [-0.39, 0.29) is 11.4 Å². The van der Waals surface area contributed by atoms with Crippen LogP contribution in [-0.2, 0) is 14.1 Å². The van der Waals surface area contributed by atoms with Gasteiger partial charge in [-0.2, -0.15) is 0 Å². The molecule has 0 amide bonds. The number of hydrogen-bond acceptors (Lipinski definition) is 6. The van der Waals surface area contributed by atoms with Crippen molar-refractivity contribution in [3.63, 3.8) is 0 Å². The summed E-state index contributed by atoms with van der Waals surface area (Å²) < 4.78 is 7.99. The first kappa shape index (κ1) is 17.5. The molecule has 9 heteroatoms. The summed E-state index contributed by atoms with van der Waals surface area (Å²) in [5.41, 5.74) is -0.0474. The summed E-state index contributed by atoms with van der Waals surface area (Å²) in [5.74, 6) is 0.592. The van der Waals surface area contributed by atoms with Crippen LogP contribution in [0.2, 0.25) is 0 Å². The van der Waals surface area contributed by atoms with Crippen molar-refractivity contribution in [1.29, 1.82) is 0 Å². The Balaban J connectivity index is 2.12. The first-order valence-corrected chi connectivity index (χ1v) is 7.93. The minimum atomic E-state index is -0.529. The molecule has 0 spiro atoms. The van der Waals surface area contributed by atoms with E-state index in [2.05, 4.69) is 0 Å². The number of rotatable bonds is 3. The molecule has 0 saturated heterocycles. The number of nitro benzene ring substituents is 1. The molecule has 0 atom stereocenters.